The number of aliphatic hydroxyl groups excluding tert-OH is 2. The van der Waals surface area contributed by atoms with Crippen LogP contribution >= 0.6 is 15.9 Å². The summed E-state index contributed by atoms with van der Waals surface area (Å²) >= 11 is 3.52. The van der Waals surface area contributed by atoms with Crippen LogP contribution in [0.25, 0.3) is 0 Å². The number of aryl methyl sites for hydroxylation is 2. The average Bonchev–Trinajstić information content (AvgIpc) is 2.22. The number of aliphatic hydroxyl groups is 2. The molecule has 0 spiro atoms. The van der Waals surface area contributed by atoms with Crippen molar-refractivity contribution in [2.45, 2.75) is 19.8 Å². The largest absolute Gasteiger partial charge is 0.396 e. The summed E-state index contributed by atoms with van der Waals surface area (Å²) < 4.78 is 1.11. The van der Waals surface area contributed by atoms with E-state index in [1.54, 1.807) is 0 Å². The summed E-state index contributed by atoms with van der Waals surface area (Å²) in [5, 5.41) is 17.9. The zero-order valence-electron chi connectivity index (χ0n) is 8.91. The monoisotopic (exact) mass is 272 g/mol. The van der Waals surface area contributed by atoms with E-state index in [0.717, 1.165) is 17.3 Å². The van der Waals surface area contributed by atoms with Gasteiger partial charge < -0.3 is 10.2 Å². The smallest absolute Gasteiger partial charge is 0.0481 e. The molecular weight excluding hydrogens is 256 g/mol. The van der Waals surface area contributed by atoms with Crippen molar-refractivity contribution >= 4 is 15.9 Å². The van der Waals surface area contributed by atoms with Crippen molar-refractivity contribution in [1.29, 1.82) is 0 Å². The Bertz CT molecular complexity index is 308. The van der Waals surface area contributed by atoms with Gasteiger partial charge in [0.15, 0.2) is 0 Å². The molecule has 1 aromatic rings. The van der Waals surface area contributed by atoms with Gasteiger partial charge in [0.2, 0.25) is 0 Å². The molecule has 0 bridgehead atoms. The molecule has 0 heterocycles. The quantitative estimate of drug-likeness (QED) is 0.864. The van der Waals surface area contributed by atoms with Gasteiger partial charge in [-0.3, -0.25) is 0 Å². The Kier molecular flexibility index (Phi) is 5.29. The highest BCUT2D eigenvalue weighted by Crippen LogP contribution is 2.21. The van der Waals surface area contributed by atoms with Crippen LogP contribution in [0.15, 0.2) is 22.7 Å². The highest BCUT2D eigenvalue weighted by molar-refractivity contribution is 9.10. The molecule has 0 atom stereocenters. The van der Waals surface area contributed by atoms with Crippen molar-refractivity contribution in [3.8, 4) is 0 Å². The van der Waals surface area contributed by atoms with Crippen molar-refractivity contribution in [2.75, 3.05) is 13.2 Å². The van der Waals surface area contributed by atoms with E-state index in [1.165, 1.54) is 11.1 Å². The summed E-state index contributed by atoms with van der Waals surface area (Å²) in [6.45, 7) is 2.17. The van der Waals surface area contributed by atoms with Gasteiger partial charge in [-0.2, -0.15) is 0 Å². The lowest BCUT2D eigenvalue weighted by molar-refractivity contribution is 0.144. The Morgan fingerprint density at radius 3 is 2.47 bits per heavy atom. The van der Waals surface area contributed by atoms with E-state index in [-0.39, 0.29) is 19.1 Å². The molecule has 0 aliphatic carbocycles. The maximum absolute atomic E-state index is 8.95. The summed E-state index contributed by atoms with van der Waals surface area (Å²) in [4.78, 5) is 0. The Morgan fingerprint density at radius 2 is 1.93 bits per heavy atom. The van der Waals surface area contributed by atoms with E-state index in [4.69, 9.17) is 10.2 Å². The molecule has 0 aromatic heterocycles. The van der Waals surface area contributed by atoms with Crippen molar-refractivity contribution in [3.05, 3.63) is 33.8 Å². The van der Waals surface area contributed by atoms with Crippen LogP contribution in [0.3, 0.4) is 0 Å². The second-order valence-corrected chi connectivity index (χ2v) is 4.72. The first-order chi connectivity index (χ1) is 7.17. The third kappa shape index (κ3) is 3.93. The van der Waals surface area contributed by atoms with Gasteiger partial charge in [-0.15, -0.1) is 0 Å². The van der Waals surface area contributed by atoms with Gasteiger partial charge in [0.25, 0.3) is 0 Å². The molecule has 1 rings (SSSR count). The lowest BCUT2D eigenvalue weighted by Crippen LogP contribution is -2.12. The Hall–Kier alpha value is -0.380. The van der Waals surface area contributed by atoms with Gasteiger partial charge in [-0.25, -0.2) is 0 Å². The van der Waals surface area contributed by atoms with Crippen LogP contribution in [0.1, 0.15) is 17.5 Å². The summed E-state index contributed by atoms with van der Waals surface area (Å²) in [5.74, 6) is -0.00166. The molecule has 0 amide bonds. The van der Waals surface area contributed by atoms with Crippen LogP contribution in [0.2, 0.25) is 0 Å². The molecule has 2 N–H and O–H groups in total. The molecule has 0 saturated heterocycles. The first kappa shape index (κ1) is 12.7. The van der Waals surface area contributed by atoms with Crippen LogP contribution in [-0.4, -0.2) is 23.4 Å². The molecular formula is C12H17BrO2. The molecule has 3 heteroatoms. The van der Waals surface area contributed by atoms with E-state index in [9.17, 15) is 0 Å². The number of hydrogen-bond acceptors (Lipinski definition) is 2. The van der Waals surface area contributed by atoms with Crippen LogP contribution in [0.4, 0.5) is 0 Å². The minimum atomic E-state index is -0.00166. The molecule has 0 aliphatic rings. The molecule has 0 radical (unpaired) electrons. The molecule has 1 aromatic carbocycles. The molecule has 0 unspecified atom stereocenters. The van der Waals surface area contributed by atoms with Crippen molar-refractivity contribution in [3.63, 3.8) is 0 Å². The molecule has 0 fully saturated rings. The summed E-state index contributed by atoms with van der Waals surface area (Å²) in [6, 6.07) is 6.25. The van der Waals surface area contributed by atoms with E-state index in [1.807, 2.05) is 0 Å². The van der Waals surface area contributed by atoms with Crippen LogP contribution < -0.4 is 0 Å². The molecule has 0 saturated carbocycles. The topological polar surface area (TPSA) is 40.5 Å². The Labute approximate surface area is 99.1 Å². The molecule has 0 aliphatic heterocycles. The van der Waals surface area contributed by atoms with E-state index in [0.29, 0.717) is 0 Å². The SMILES string of the molecule is Cc1ccc(CCC(CO)CO)c(Br)c1. The van der Waals surface area contributed by atoms with Crippen molar-refractivity contribution in [1.82, 2.24) is 0 Å². The van der Waals surface area contributed by atoms with Gasteiger partial charge in [-0.1, -0.05) is 28.1 Å². The zero-order chi connectivity index (χ0) is 11.3. The first-order valence-electron chi connectivity index (χ1n) is 5.14. The fourth-order valence-corrected chi connectivity index (χ4v) is 2.15. The minimum absolute atomic E-state index is 0.00166. The molecule has 15 heavy (non-hydrogen) atoms. The lowest BCUT2D eigenvalue weighted by Gasteiger charge is -2.11. The summed E-state index contributed by atoms with van der Waals surface area (Å²) in [7, 11) is 0. The maximum Gasteiger partial charge on any atom is 0.0481 e. The highest BCUT2D eigenvalue weighted by Gasteiger charge is 2.07. The number of benzene rings is 1. The van der Waals surface area contributed by atoms with Gasteiger partial charge in [0.05, 0.1) is 0 Å². The Morgan fingerprint density at radius 1 is 1.27 bits per heavy atom. The zero-order valence-corrected chi connectivity index (χ0v) is 10.5. The van der Waals surface area contributed by atoms with Crippen molar-refractivity contribution in [2.24, 2.45) is 5.92 Å². The second kappa shape index (κ2) is 6.26. The van der Waals surface area contributed by atoms with Crippen LogP contribution in [0, 0.1) is 12.8 Å². The van der Waals surface area contributed by atoms with Gasteiger partial charge in [0, 0.05) is 23.6 Å². The Balaban J connectivity index is 2.57. The lowest BCUT2D eigenvalue weighted by atomic mass is 10.0. The second-order valence-electron chi connectivity index (χ2n) is 3.86. The molecule has 84 valence electrons. The number of hydrogen-bond donors (Lipinski definition) is 2. The first-order valence-corrected chi connectivity index (χ1v) is 5.93. The molecule has 2 nitrogen and oxygen atoms in total. The standard InChI is InChI=1S/C12H17BrO2/c1-9-2-4-11(12(13)6-9)5-3-10(7-14)8-15/h2,4,6,10,14-15H,3,5,7-8H2,1H3. The highest BCUT2D eigenvalue weighted by atomic mass is 79.9. The van der Waals surface area contributed by atoms with Gasteiger partial charge in [-0.05, 0) is 37.0 Å². The number of rotatable bonds is 5. The van der Waals surface area contributed by atoms with E-state index in [2.05, 4.69) is 41.1 Å². The predicted molar refractivity (Wildman–Crippen MR) is 64.9 cm³/mol. The maximum atomic E-state index is 8.95. The summed E-state index contributed by atoms with van der Waals surface area (Å²) in [6.07, 6.45) is 1.70. The van der Waals surface area contributed by atoms with Gasteiger partial charge >= 0.3 is 0 Å². The average molecular weight is 273 g/mol. The fraction of sp³-hybridized carbons (Fsp3) is 0.500. The van der Waals surface area contributed by atoms with Crippen molar-refractivity contribution < 1.29 is 10.2 Å². The normalized spacial score (nSPS) is 11.0. The van der Waals surface area contributed by atoms with Crippen LogP contribution in [0.5, 0.6) is 0 Å². The minimum Gasteiger partial charge on any atom is -0.396 e. The fourth-order valence-electron chi connectivity index (χ4n) is 1.46. The van der Waals surface area contributed by atoms with Crippen LogP contribution in [-0.2, 0) is 6.42 Å². The summed E-state index contributed by atoms with van der Waals surface area (Å²) in [5.41, 5.74) is 2.46. The van der Waals surface area contributed by atoms with Gasteiger partial charge in [0.1, 0.15) is 0 Å². The van der Waals surface area contributed by atoms with E-state index < -0.39 is 0 Å². The number of halogens is 1. The third-order valence-electron chi connectivity index (χ3n) is 2.55. The third-order valence-corrected chi connectivity index (χ3v) is 3.29. The predicted octanol–water partition coefficient (Wildman–Crippen LogP) is 2.29. The van der Waals surface area contributed by atoms with E-state index >= 15 is 0 Å².